The van der Waals surface area contributed by atoms with Crippen LogP contribution in [0.2, 0.25) is 0 Å². The number of amides is 1. The highest BCUT2D eigenvalue weighted by atomic mass is 16.4. The molecule has 1 aromatic rings. The third kappa shape index (κ3) is 3.07. The van der Waals surface area contributed by atoms with Gasteiger partial charge in [-0.25, -0.2) is 4.79 Å². The molecule has 26 heavy (non-hydrogen) atoms. The minimum absolute atomic E-state index is 0.00163. The number of carboxylic acids is 1. The first-order valence-corrected chi connectivity index (χ1v) is 8.20. The van der Waals surface area contributed by atoms with Crippen molar-refractivity contribution in [3.05, 3.63) is 23.8 Å². The molecule has 6 atom stereocenters. The molecular formula is C16H22N4O6. The summed E-state index contributed by atoms with van der Waals surface area (Å²) < 4.78 is 0. The molecule has 0 spiro atoms. The molecule has 2 heterocycles. The van der Waals surface area contributed by atoms with Crippen molar-refractivity contribution in [1.29, 1.82) is 0 Å². The molecule has 2 aliphatic rings. The Morgan fingerprint density at radius 3 is 2.54 bits per heavy atom. The zero-order valence-electron chi connectivity index (χ0n) is 13.8. The van der Waals surface area contributed by atoms with Gasteiger partial charge in [0.15, 0.2) is 0 Å². The molecule has 0 bridgehead atoms. The SMILES string of the molecule is Nc1cc(O)ccc1C1CC(O)C(C(=O)N2CC(O)C(N)C2C(=O)O)N1. The van der Waals surface area contributed by atoms with Gasteiger partial charge in [0, 0.05) is 24.3 Å². The second-order valence-corrected chi connectivity index (χ2v) is 6.73. The van der Waals surface area contributed by atoms with Gasteiger partial charge in [-0.05, 0) is 18.1 Å². The molecule has 0 aromatic heterocycles. The maximum absolute atomic E-state index is 12.8. The van der Waals surface area contributed by atoms with Crippen LogP contribution < -0.4 is 16.8 Å². The molecule has 10 heteroatoms. The first kappa shape index (κ1) is 18.4. The van der Waals surface area contributed by atoms with E-state index >= 15 is 0 Å². The molecule has 0 saturated carbocycles. The van der Waals surface area contributed by atoms with Crippen molar-refractivity contribution in [2.75, 3.05) is 12.3 Å². The number of rotatable bonds is 3. The van der Waals surface area contributed by atoms with E-state index in [9.17, 15) is 30.0 Å². The topological polar surface area (TPSA) is 182 Å². The summed E-state index contributed by atoms with van der Waals surface area (Å²) in [6.07, 6.45) is -2.03. The highest BCUT2D eigenvalue weighted by molar-refractivity contribution is 5.89. The predicted molar refractivity (Wildman–Crippen MR) is 89.9 cm³/mol. The van der Waals surface area contributed by atoms with Crippen LogP contribution in [0.5, 0.6) is 5.75 Å². The molecule has 1 aromatic carbocycles. The summed E-state index contributed by atoms with van der Waals surface area (Å²) in [6.45, 7) is -0.214. The van der Waals surface area contributed by atoms with E-state index in [4.69, 9.17) is 11.5 Å². The van der Waals surface area contributed by atoms with Gasteiger partial charge in [0.1, 0.15) is 17.8 Å². The Labute approximate surface area is 149 Å². The van der Waals surface area contributed by atoms with E-state index in [1.807, 2.05) is 0 Å². The van der Waals surface area contributed by atoms with Crippen LogP contribution in [0.25, 0.3) is 0 Å². The number of nitrogen functional groups attached to an aromatic ring is 1. The van der Waals surface area contributed by atoms with Crippen molar-refractivity contribution >= 4 is 17.6 Å². The molecule has 10 nitrogen and oxygen atoms in total. The minimum atomic E-state index is -1.36. The fourth-order valence-corrected chi connectivity index (χ4v) is 3.66. The van der Waals surface area contributed by atoms with Crippen LogP contribution in [-0.4, -0.2) is 74.1 Å². The second kappa shape index (κ2) is 6.72. The highest BCUT2D eigenvalue weighted by Crippen LogP contribution is 2.33. The lowest BCUT2D eigenvalue weighted by Gasteiger charge is -2.27. The normalized spacial score (nSPS) is 34.2. The summed E-state index contributed by atoms with van der Waals surface area (Å²) in [5.74, 6) is -1.95. The van der Waals surface area contributed by atoms with Gasteiger partial charge in [-0.15, -0.1) is 0 Å². The van der Waals surface area contributed by atoms with Crippen LogP contribution in [-0.2, 0) is 9.59 Å². The van der Waals surface area contributed by atoms with Gasteiger partial charge in [-0.3, -0.25) is 10.1 Å². The lowest BCUT2D eigenvalue weighted by molar-refractivity contribution is -0.150. The molecule has 2 aliphatic heterocycles. The van der Waals surface area contributed by atoms with Crippen LogP contribution in [0.4, 0.5) is 5.69 Å². The van der Waals surface area contributed by atoms with E-state index in [-0.39, 0.29) is 18.7 Å². The number of β-amino-alcohol motifs (C(OH)–C–C–N with tert-alkyl or cyclic N) is 1. The Bertz CT molecular complexity index is 729. The smallest absolute Gasteiger partial charge is 0.328 e. The number of likely N-dealkylation sites (tertiary alicyclic amines) is 1. The molecule has 142 valence electrons. The lowest BCUT2D eigenvalue weighted by atomic mass is 10.0. The molecule has 1 amide bonds. The lowest BCUT2D eigenvalue weighted by Crippen LogP contribution is -2.54. The molecule has 2 fully saturated rings. The number of hydrogen-bond acceptors (Lipinski definition) is 8. The molecular weight excluding hydrogens is 344 g/mol. The predicted octanol–water partition coefficient (Wildman–Crippen LogP) is -2.28. The summed E-state index contributed by atoms with van der Waals surface area (Å²) in [5.41, 5.74) is 12.5. The first-order valence-electron chi connectivity index (χ1n) is 8.20. The van der Waals surface area contributed by atoms with Crippen molar-refractivity contribution in [3.8, 4) is 5.75 Å². The monoisotopic (exact) mass is 366 g/mol. The van der Waals surface area contributed by atoms with Gasteiger partial charge < -0.3 is 36.8 Å². The van der Waals surface area contributed by atoms with Gasteiger partial charge in [-0.2, -0.15) is 0 Å². The first-order chi connectivity index (χ1) is 12.2. The Balaban J connectivity index is 1.79. The highest BCUT2D eigenvalue weighted by Gasteiger charge is 2.49. The Kier molecular flexibility index (Phi) is 4.76. The fourth-order valence-electron chi connectivity index (χ4n) is 3.66. The molecule has 0 radical (unpaired) electrons. The number of anilines is 1. The standard InChI is InChI=1S/C16H22N4O6/c17-8-3-6(21)1-2-7(8)9-4-10(22)13(19-9)15(24)20-5-11(23)12(18)14(20)16(25)26/h1-3,9-14,19,21-23H,4-5,17-18H2,(H,25,26). The summed E-state index contributed by atoms with van der Waals surface area (Å²) in [6, 6.07) is 0.469. The second-order valence-electron chi connectivity index (χ2n) is 6.73. The van der Waals surface area contributed by atoms with Crippen molar-refractivity contribution in [1.82, 2.24) is 10.2 Å². The average molecular weight is 366 g/mol. The van der Waals surface area contributed by atoms with Gasteiger partial charge >= 0.3 is 5.97 Å². The van der Waals surface area contributed by atoms with Crippen molar-refractivity contribution in [2.45, 2.75) is 42.8 Å². The number of phenols is 1. The number of hydrogen-bond donors (Lipinski definition) is 7. The number of nitrogens with zero attached hydrogens (tertiary/aromatic N) is 1. The zero-order chi connectivity index (χ0) is 19.2. The molecule has 3 rings (SSSR count). The third-order valence-electron chi connectivity index (χ3n) is 5.02. The Hall–Kier alpha value is -2.40. The number of nitrogens with one attached hydrogen (secondary N) is 1. The summed E-state index contributed by atoms with van der Waals surface area (Å²) >= 11 is 0. The zero-order valence-corrected chi connectivity index (χ0v) is 13.8. The molecule has 0 aliphatic carbocycles. The number of carbonyl (C=O) groups excluding carboxylic acids is 1. The van der Waals surface area contributed by atoms with Crippen LogP contribution in [0, 0.1) is 0 Å². The van der Waals surface area contributed by atoms with Crippen LogP contribution in [0.15, 0.2) is 18.2 Å². The number of phenolic OH excluding ortho intramolecular Hbond substituents is 1. The largest absolute Gasteiger partial charge is 0.508 e. The maximum Gasteiger partial charge on any atom is 0.328 e. The van der Waals surface area contributed by atoms with E-state index in [0.29, 0.717) is 11.3 Å². The minimum Gasteiger partial charge on any atom is -0.508 e. The molecule has 9 N–H and O–H groups in total. The van der Waals surface area contributed by atoms with Gasteiger partial charge in [0.2, 0.25) is 5.91 Å². The maximum atomic E-state index is 12.8. The van der Waals surface area contributed by atoms with Crippen LogP contribution in [0.3, 0.4) is 0 Å². The number of aliphatic hydroxyl groups is 2. The fraction of sp³-hybridized carbons (Fsp3) is 0.500. The average Bonchev–Trinajstić information content (AvgIpc) is 3.07. The third-order valence-corrected chi connectivity index (χ3v) is 5.02. The summed E-state index contributed by atoms with van der Waals surface area (Å²) in [4.78, 5) is 25.2. The van der Waals surface area contributed by atoms with E-state index in [1.54, 1.807) is 6.07 Å². The number of nitrogens with two attached hydrogens (primary N) is 2. The van der Waals surface area contributed by atoms with Crippen molar-refractivity contribution < 1.29 is 30.0 Å². The molecule has 2 saturated heterocycles. The Morgan fingerprint density at radius 2 is 1.92 bits per heavy atom. The van der Waals surface area contributed by atoms with Gasteiger partial charge in [0.25, 0.3) is 0 Å². The van der Waals surface area contributed by atoms with E-state index in [1.165, 1.54) is 12.1 Å². The quantitative estimate of drug-likeness (QED) is 0.290. The van der Waals surface area contributed by atoms with Crippen molar-refractivity contribution in [2.24, 2.45) is 5.73 Å². The Morgan fingerprint density at radius 1 is 1.23 bits per heavy atom. The number of aromatic hydroxyl groups is 1. The number of aliphatic hydroxyl groups excluding tert-OH is 2. The van der Waals surface area contributed by atoms with E-state index < -0.39 is 48.3 Å². The number of benzene rings is 1. The van der Waals surface area contributed by atoms with Crippen LogP contribution in [0.1, 0.15) is 18.0 Å². The number of carboxylic acid groups (broad SMARTS) is 1. The van der Waals surface area contributed by atoms with E-state index in [0.717, 1.165) is 4.90 Å². The van der Waals surface area contributed by atoms with Gasteiger partial charge in [0.05, 0.1) is 18.2 Å². The van der Waals surface area contributed by atoms with Crippen molar-refractivity contribution in [3.63, 3.8) is 0 Å². The van der Waals surface area contributed by atoms with E-state index in [2.05, 4.69) is 5.32 Å². The summed E-state index contributed by atoms with van der Waals surface area (Å²) in [5, 5.41) is 41.9. The molecule has 6 unspecified atom stereocenters. The number of carbonyl (C=O) groups is 2. The number of aliphatic carboxylic acids is 1. The van der Waals surface area contributed by atoms with Crippen LogP contribution >= 0.6 is 0 Å². The van der Waals surface area contributed by atoms with Gasteiger partial charge in [-0.1, -0.05) is 6.07 Å². The summed E-state index contributed by atoms with van der Waals surface area (Å²) in [7, 11) is 0.